The van der Waals surface area contributed by atoms with Gasteiger partial charge >= 0.3 is 17.6 Å². The van der Waals surface area contributed by atoms with E-state index in [2.05, 4.69) is 89.2 Å². The SMILES string of the molecule is CO[Si](CCCNC(O[Si]C)(O[Si](C)(C)C)C(C)O[Si](C)(C)C)(OC)O[Si](CCCNC(O[Si]C)(O[Si](C)(C)C)C(C)O[Si](C)(C)C)(OC)OC. The molecule has 0 amide bonds. The molecule has 0 saturated carbocycles. The van der Waals surface area contributed by atoms with Crippen molar-refractivity contribution in [3.8, 4) is 0 Å². The lowest BCUT2D eigenvalue weighted by Gasteiger charge is -2.45. The Morgan fingerprint density at radius 3 is 1.02 bits per heavy atom. The van der Waals surface area contributed by atoms with Crippen molar-refractivity contribution in [2.24, 2.45) is 0 Å². The highest BCUT2D eigenvalue weighted by atomic mass is 28.5. The summed E-state index contributed by atoms with van der Waals surface area (Å²) < 4.78 is 70.1. The fraction of sp³-hybridized carbons (Fsp3) is 1.00. The average molecular weight is 866 g/mol. The Labute approximate surface area is 324 Å². The summed E-state index contributed by atoms with van der Waals surface area (Å²) >= 11 is 0. The lowest BCUT2D eigenvalue weighted by molar-refractivity contribution is -0.203. The van der Waals surface area contributed by atoms with E-state index >= 15 is 0 Å². The van der Waals surface area contributed by atoms with Gasteiger partial charge in [-0.25, -0.2) is 0 Å². The maximum Gasteiger partial charge on any atom is 0.493 e. The highest BCUT2D eigenvalue weighted by Gasteiger charge is 2.52. The Bertz CT molecular complexity index is 888. The average Bonchev–Trinajstić information content (AvgIpc) is 2.97. The summed E-state index contributed by atoms with van der Waals surface area (Å²) in [6.45, 7) is 35.1. The number of rotatable bonds is 30. The first-order valence-corrected chi connectivity index (χ1v) is 38.3. The van der Waals surface area contributed by atoms with E-state index in [-0.39, 0.29) is 31.7 Å². The van der Waals surface area contributed by atoms with Gasteiger partial charge in [0.25, 0.3) is 0 Å². The molecular formula is C30H76N2O11Si8. The molecule has 0 aliphatic carbocycles. The van der Waals surface area contributed by atoms with Crippen molar-refractivity contribution in [1.82, 2.24) is 10.6 Å². The lowest BCUT2D eigenvalue weighted by atomic mass is 10.3. The van der Waals surface area contributed by atoms with Crippen LogP contribution in [0.25, 0.3) is 0 Å². The Morgan fingerprint density at radius 2 is 0.804 bits per heavy atom. The normalized spacial score (nSPS) is 17.6. The van der Waals surface area contributed by atoms with Crippen molar-refractivity contribution in [3.05, 3.63) is 0 Å². The molecule has 0 fully saturated rings. The third kappa shape index (κ3) is 19.8. The fourth-order valence-corrected chi connectivity index (χ4v) is 18.0. The molecular weight excluding hydrogens is 789 g/mol. The van der Waals surface area contributed by atoms with E-state index in [1.165, 1.54) is 0 Å². The van der Waals surface area contributed by atoms with Crippen LogP contribution in [0.2, 0.25) is 104 Å². The van der Waals surface area contributed by atoms with Crippen molar-refractivity contribution in [1.29, 1.82) is 0 Å². The molecule has 0 aliphatic rings. The van der Waals surface area contributed by atoms with Crippen LogP contribution in [0.4, 0.5) is 0 Å². The van der Waals surface area contributed by atoms with Crippen molar-refractivity contribution in [2.75, 3.05) is 41.5 Å². The van der Waals surface area contributed by atoms with E-state index in [1.54, 1.807) is 28.4 Å². The molecule has 0 bridgehead atoms. The first-order chi connectivity index (χ1) is 23.2. The van der Waals surface area contributed by atoms with E-state index in [9.17, 15) is 0 Å². The first-order valence-electron chi connectivity index (χ1n) is 18.0. The summed E-state index contributed by atoms with van der Waals surface area (Å²) in [4.78, 5) is 0. The van der Waals surface area contributed by atoms with Gasteiger partial charge in [-0.15, -0.1) is 0 Å². The first kappa shape index (κ1) is 52.2. The van der Waals surface area contributed by atoms with Crippen LogP contribution in [0.3, 0.4) is 0 Å². The molecule has 4 radical (unpaired) electrons. The molecule has 51 heavy (non-hydrogen) atoms. The smallest absolute Gasteiger partial charge is 0.408 e. The summed E-state index contributed by atoms with van der Waals surface area (Å²) in [6.07, 6.45) is 0.706. The van der Waals surface area contributed by atoms with Crippen LogP contribution in [0.1, 0.15) is 26.7 Å². The second-order valence-electron chi connectivity index (χ2n) is 16.5. The van der Waals surface area contributed by atoms with Gasteiger partial charge in [0.1, 0.15) is 12.2 Å². The molecule has 21 heteroatoms. The minimum atomic E-state index is -3.24. The zero-order valence-corrected chi connectivity index (χ0v) is 43.9. The minimum absolute atomic E-state index is 0.209. The van der Waals surface area contributed by atoms with Crippen LogP contribution in [0, 0.1) is 0 Å². The lowest BCUT2D eigenvalue weighted by Crippen LogP contribution is -2.64. The quantitative estimate of drug-likeness (QED) is 0.0479. The van der Waals surface area contributed by atoms with E-state index in [4.69, 9.17) is 48.4 Å². The van der Waals surface area contributed by atoms with Crippen LogP contribution >= 0.6 is 0 Å². The van der Waals surface area contributed by atoms with Gasteiger partial charge in [0, 0.05) is 53.6 Å². The maximum absolute atomic E-state index is 6.76. The zero-order valence-electron chi connectivity index (χ0n) is 35.9. The van der Waals surface area contributed by atoms with Gasteiger partial charge in [-0.3, -0.25) is 10.6 Å². The van der Waals surface area contributed by atoms with Gasteiger partial charge in [0.2, 0.25) is 31.3 Å². The molecule has 0 aromatic heterocycles. The van der Waals surface area contributed by atoms with E-state index in [0.717, 1.165) is 0 Å². The Hall–Kier alpha value is 1.22. The molecule has 2 N–H and O–H groups in total. The highest BCUT2D eigenvalue weighted by molar-refractivity contribution is 6.75. The van der Waals surface area contributed by atoms with Gasteiger partial charge in [0.05, 0.1) is 0 Å². The predicted molar refractivity (Wildman–Crippen MR) is 223 cm³/mol. The number of hydrogen-bond acceptors (Lipinski definition) is 13. The monoisotopic (exact) mass is 864 g/mol. The van der Waals surface area contributed by atoms with Crippen molar-refractivity contribution >= 4 is 70.4 Å². The molecule has 0 rings (SSSR count). The minimum Gasteiger partial charge on any atom is -0.408 e. The predicted octanol–water partition coefficient (Wildman–Crippen LogP) is 6.28. The van der Waals surface area contributed by atoms with Gasteiger partial charge in [-0.1, -0.05) is 0 Å². The topological polar surface area (TPSA) is 126 Å². The summed E-state index contributed by atoms with van der Waals surface area (Å²) in [6, 6.07) is 1.05. The zero-order chi connectivity index (χ0) is 40.0. The summed E-state index contributed by atoms with van der Waals surface area (Å²) in [5.41, 5.74) is 0. The van der Waals surface area contributed by atoms with Gasteiger partial charge in [0.15, 0.2) is 33.3 Å². The molecule has 0 heterocycles. The fourth-order valence-electron chi connectivity index (χ4n) is 5.45. The Morgan fingerprint density at radius 1 is 0.510 bits per heavy atom. The summed E-state index contributed by atoms with van der Waals surface area (Å²) in [5.74, 6) is -2.14. The summed E-state index contributed by atoms with van der Waals surface area (Å²) in [5, 5.41) is 7.19. The molecule has 0 aromatic carbocycles. The Balaban J connectivity index is 5.99. The van der Waals surface area contributed by atoms with Crippen LogP contribution in [0.15, 0.2) is 0 Å². The molecule has 4 atom stereocenters. The van der Waals surface area contributed by atoms with Gasteiger partial charge in [-0.2, -0.15) is 0 Å². The van der Waals surface area contributed by atoms with Gasteiger partial charge < -0.3 is 48.4 Å². The molecule has 0 aromatic rings. The molecule has 0 aliphatic heterocycles. The second-order valence-corrected chi connectivity index (χ2v) is 41.7. The van der Waals surface area contributed by atoms with E-state index < -0.39 is 62.7 Å². The Kier molecular flexibility index (Phi) is 22.8. The standard InChI is InChI=1S/C30H76N2O11Si8/c1-27(37-46(9,10)11)29(39-44-7,41-48(15,16)17)31-23-21-25-50(33-3,34-4)43-51(35-5,36-6)26-22-24-32-30(40-45-8,42-49(18,19)20)28(2)38-47(12,13)14/h27-28,31-32H,21-26H2,1-20H3. The van der Waals surface area contributed by atoms with Crippen LogP contribution in [-0.4, -0.2) is 136 Å². The molecule has 304 valence electrons. The maximum atomic E-state index is 6.76. The number of nitrogens with one attached hydrogen (secondary N) is 2. The largest absolute Gasteiger partial charge is 0.493 e. The number of hydrogen-bond donors (Lipinski definition) is 2. The van der Waals surface area contributed by atoms with Crippen LogP contribution < -0.4 is 10.6 Å². The molecule has 0 spiro atoms. The van der Waals surface area contributed by atoms with Crippen molar-refractivity contribution in [2.45, 2.75) is 154 Å². The van der Waals surface area contributed by atoms with Crippen LogP contribution in [-0.2, 0) is 48.4 Å². The van der Waals surface area contributed by atoms with Crippen molar-refractivity contribution in [3.63, 3.8) is 0 Å². The van der Waals surface area contributed by atoms with E-state index in [1.807, 2.05) is 26.9 Å². The second kappa shape index (κ2) is 22.2. The van der Waals surface area contributed by atoms with Crippen LogP contribution in [0.5, 0.6) is 0 Å². The van der Waals surface area contributed by atoms with Gasteiger partial charge in [-0.05, 0) is 118 Å². The molecule has 13 nitrogen and oxygen atoms in total. The molecule has 4 unspecified atom stereocenters. The third-order valence-electron chi connectivity index (χ3n) is 7.17. The van der Waals surface area contributed by atoms with Crippen molar-refractivity contribution < 1.29 is 48.4 Å². The molecule has 0 saturated heterocycles. The van der Waals surface area contributed by atoms with E-state index in [0.29, 0.717) is 38.0 Å². The summed E-state index contributed by atoms with van der Waals surface area (Å²) in [7, 11) is -7.42. The highest BCUT2D eigenvalue weighted by Crippen LogP contribution is 2.30. The third-order valence-corrected chi connectivity index (χ3v) is 19.0.